The van der Waals surface area contributed by atoms with Crippen molar-refractivity contribution < 1.29 is 44.5 Å². The number of alkyl halides is 2. The Morgan fingerprint density at radius 1 is 1.00 bits per heavy atom. The van der Waals surface area contributed by atoms with Crippen LogP contribution in [-0.4, -0.2) is 24.4 Å². The van der Waals surface area contributed by atoms with Gasteiger partial charge in [-0.3, -0.25) is 0 Å². The van der Waals surface area contributed by atoms with Crippen molar-refractivity contribution in [3.63, 3.8) is 0 Å². The van der Waals surface area contributed by atoms with E-state index in [4.69, 9.17) is 9.47 Å². The molecular weight excluding hydrogens is 446 g/mol. The Hall–Kier alpha value is -2.61. The number of rotatable bonds is 4. The van der Waals surface area contributed by atoms with Crippen LogP contribution in [0.1, 0.15) is 12.2 Å². The van der Waals surface area contributed by atoms with E-state index in [-0.39, 0.29) is 22.7 Å². The number of imidazole rings is 1. The smallest absolute Gasteiger partial charge is 0.387 e. The van der Waals surface area contributed by atoms with Crippen LogP contribution >= 0.6 is 0 Å². The van der Waals surface area contributed by atoms with Crippen LogP contribution in [0.15, 0.2) is 48.7 Å². The fraction of sp³-hybridized carbons (Fsp3) is 0.286. The number of benzene rings is 2. The van der Waals surface area contributed by atoms with Crippen molar-refractivity contribution in [2.24, 2.45) is 0 Å². The second-order valence-electron chi connectivity index (χ2n) is 6.79. The molecule has 3 aromatic rings. The molecule has 0 saturated carbocycles. The molecule has 0 saturated heterocycles. The second-order valence-corrected chi connectivity index (χ2v) is 6.79. The average molecular weight is 465 g/mol. The summed E-state index contributed by atoms with van der Waals surface area (Å²) in [6.07, 6.45) is 4.11. The van der Waals surface area contributed by atoms with E-state index in [9.17, 15) is 8.78 Å². The lowest BCUT2D eigenvalue weighted by molar-refractivity contribution is -0.679. The molecule has 0 N–H and O–H groups in total. The Bertz CT molecular complexity index is 1020. The zero-order chi connectivity index (χ0) is 19.1. The summed E-state index contributed by atoms with van der Waals surface area (Å²) in [5.74, 6) is 2.87. The Morgan fingerprint density at radius 2 is 1.76 bits per heavy atom. The number of ether oxygens (including phenoxy) is 3. The van der Waals surface area contributed by atoms with Crippen molar-refractivity contribution in [1.29, 1.82) is 0 Å². The van der Waals surface area contributed by atoms with Crippen LogP contribution in [0.25, 0.3) is 16.9 Å². The molecule has 1 aromatic heterocycles. The lowest BCUT2D eigenvalue weighted by Crippen LogP contribution is -3.00. The monoisotopic (exact) mass is 464 g/mol. The fourth-order valence-electron chi connectivity index (χ4n) is 3.88. The third kappa shape index (κ3) is 3.69. The number of halogens is 3. The molecule has 0 aliphatic carbocycles. The molecule has 29 heavy (non-hydrogen) atoms. The Labute approximate surface area is 177 Å². The number of hydrogen-bond acceptors (Lipinski definition) is 3. The van der Waals surface area contributed by atoms with Crippen LogP contribution in [0.2, 0.25) is 0 Å². The van der Waals surface area contributed by atoms with Crippen LogP contribution in [0.3, 0.4) is 0 Å². The van der Waals surface area contributed by atoms with Gasteiger partial charge in [-0.05, 0) is 48.9 Å². The largest absolute Gasteiger partial charge is 1.00 e. The highest BCUT2D eigenvalue weighted by Crippen LogP contribution is 2.35. The van der Waals surface area contributed by atoms with Crippen molar-refractivity contribution in [1.82, 2.24) is 4.57 Å². The molecule has 2 aliphatic rings. The van der Waals surface area contributed by atoms with E-state index in [1.165, 1.54) is 5.82 Å². The van der Waals surface area contributed by atoms with Crippen molar-refractivity contribution in [2.45, 2.75) is 26.0 Å². The molecular formula is C21H19BrF2N2O3. The number of fused-ring (bicyclic) bond motifs is 2. The first kappa shape index (κ1) is 19.7. The van der Waals surface area contributed by atoms with Gasteiger partial charge in [-0.25, -0.2) is 4.57 Å². The fourth-order valence-corrected chi connectivity index (χ4v) is 3.88. The summed E-state index contributed by atoms with van der Waals surface area (Å²) in [4.78, 5) is 0. The second kappa shape index (κ2) is 8.02. The van der Waals surface area contributed by atoms with E-state index >= 15 is 0 Å². The molecule has 0 spiro atoms. The maximum Gasteiger partial charge on any atom is 0.387 e. The van der Waals surface area contributed by atoms with Crippen LogP contribution in [0.5, 0.6) is 17.2 Å². The molecule has 0 atom stereocenters. The highest BCUT2D eigenvalue weighted by atomic mass is 79.9. The van der Waals surface area contributed by atoms with E-state index in [0.29, 0.717) is 13.2 Å². The van der Waals surface area contributed by atoms with Gasteiger partial charge in [-0.15, -0.1) is 0 Å². The molecule has 0 radical (unpaired) electrons. The lowest BCUT2D eigenvalue weighted by atomic mass is 10.1. The third-order valence-electron chi connectivity index (χ3n) is 5.09. The summed E-state index contributed by atoms with van der Waals surface area (Å²) in [7, 11) is 0. The molecule has 2 aliphatic heterocycles. The predicted molar refractivity (Wildman–Crippen MR) is 97.3 cm³/mol. The summed E-state index contributed by atoms with van der Waals surface area (Å²) in [5, 5.41) is 0. The van der Waals surface area contributed by atoms with Gasteiger partial charge in [0.1, 0.15) is 30.8 Å². The Kier molecular flexibility index (Phi) is 5.45. The zero-order valence-corrected chi connectivity index (χ0v) is 17.1. The Balaban J connectivity index is 0.00000205. The summed E-state index contributed by atoms with van der Waals surface area (Å²) in [6.45, 7) is -0.758. The molecule has 0 unspecified atom stereocenters. The van der Waals surface area contributed by atoms with Crippen molar-refractivity contribution in [2.75, 3.05) is 13.2 Å². The maximum absolute atomic E-state index is 12.4. The quantitative estimate of drug-likeness (QED) is 0.534. The molecule has 0 bridgehead atoms. The van der Waals surface area contributed by atoms with Crippen LogP contribution < -0.4 is 35.8 Å². The lowest BCUT2D eigenvalue weighted by Gasteiger charge is -2.18. The molecule has 5 nitrogen and oxygen atoms in total. The Morgan fingerprint density at radius 3 is 2.52 bits per heavy atom. The first-order valence-electron chi connectivity index (χ1n) is 9.28. The van der Waals surface area contributed by atoms with Gasteiger partial charge < -0.3 is 31.2 Å². The number of nitrogens with zero attached hydrogens (tertiary/aromatic N) is 2. The maximum atomic E-state index is 12.4. The van der Waals surface area contributed by atoms with Crippen LogP contribution in [-0.2, 0) is 13.0 Å². The highest BCUT2D eigenvalue weighted by molar-refractivity contribution is 5.62. The molecule has 5 rings (SSSR count). The molecule has 0 fully saturated rings. The van der Waals surface area contributed by atoms with Gasteiger partial charge in [-0.2, -0.15) is 13.3 Å². The van der Waals surface area contributed by atoms with E-state index in [2.05, 4.69) is 20.1 Å². The topological polar surface area (TPSA) is 36.5 Å². The van der Waals surface area contributed by atoms with Gasteiger partial charge in [-0.1, -0.05) is 0 Å². The van der Waals surface area contributed by atoms with Gasteiger partial charge in [0, 0.05) is 5.56 Å². The molecule has 0 amide bonds. The van der Waals surface area contributed by atoms with E-state index in [0.717, 1.165) is 47.8 Å². The third-order valence-corrected chi connectivity index (χ3v) is 5.09. The minimum atomic E-state index is -2.82. The van der Waals surface area contributed by atoms with E-state index < -0.39 is 6.61 Å². The van der Waals surface area contributed by atoms with Gasteiger partial charge in [0.2, 0.25) is 0 Å². The molecule has 2 aromatic carbocycles. The summed E-state index contributed by atoms with van der Waals surface area (Å²) in [6, 6.07) is 12.7. The predicted octanol–water partition coefficient (Wildman–Crippen LogP) is 0.755. The normalized spacial score (nSPS) is 14.4. The minimum Gasteiger partial charge on any atom is -1.00 e. The van der Waals surface area contributed by atoms with Crippen molar-refractivity contribution in [3.05, 3.63) is 54.5 Å². The number of hydrogen-bond donors (Lipinski definition) is 0. The van der Waals surface area contributed by atoms with Crippen LogP contribution in [0.4, 0.5) is 8.78 Å². The van der Waals surface area contributed by atoms with Gasteiger partial charge in [0.15, 0.2) is 17.2 Å². The van der Waals surface area contributed by atoms with Gasteiger partial charge in [0.25, 0.3) is 5.82 Å². The molecule has 8 heteroatoms. The van der Waals surface area contributed by atoms with Crippen molar-refractivity contribution >= 4 is 0 Å². The highest BCUT2D eigenvalue weighted by Gasteiger charge is 2.30. The number of aromatic nitrogens is 2. The van der Waals surface area contributed by atoms with E-state index in [1.807, 2.05) is 18.2 Å². The van der Waals surface area contributed by atoms with Gasteiger partial charge in [0.05, 0.1) is 13.0 Å². The SMILES string of the molecule is FC(F)Oc1ccc(-n2cc(-c3ccc4c(c3)OCCO4)[n+]3c2CCC3)cc1.[Br-]. The summed E-state index contributed by atoms with van der Waals surface area (Å²) in [5.41, 5.74) is 3.07. The first-order valence-corrected chi connectivity index (χ1v) is 9.28. The standard InChI is InChI=1S/C21H19F2N2O3.BrH/c22-21(23)28-16-6-4-15(5-7-16)25-13-17(24-9-1-2-20(24)25)14-3-8-18-19(12-14)27-11-10-26-18;/h3-8,12-13,21H,1-2,9-11H2;1H/q+1;/p-1. The molecule has 152 valence electrons. The minimum absolute atomic E-state index is 0. The zero-order valence-electron chi connectivity index (χ0n) is 15.5. The van der Waals surface area contributed by atoms with Gasteiger partial charge >= 0.3 is 6.61 Å². The van der Waals surface area contributed by atoms with Crippen molar-refractivity contribution in [3.8, 4) is 34.2 Å². The first-order chi connectivity index (χ1) is 13.7. The van der Waals surface area contributed by atoms with E-state index in [1.54, 1.807) is 24.3 Å². The van der Waals surface area contributed by atoms with Crippen LogP contribution in [0, 0.1) is 0 Å². The summed E-state index contributed by atoms with van der Waals surface area (Å²) < 4.78 is 45.0. The molecule has 3 heterocycles. The summed E-state index contributed by atoms with van der Waals surface area (Å²) >= 11 is 0. The average Bonchev–Trinajstić information content (AvgIpc) is 3.31.